The molecule has 5 aromatic rings. The highest BCUT2D eigenvalue weighted by Crippen LogP contribution is 2.37. The first-order chi connectivity index (χ1) is 17.4. The van der Waals surface area contributed by atoms with Gasteiger partial charge in [-0.15, -0.1) is 0 Å². The van der Waals surface area contributed by atoms with Gasteiger partial charge in [-0.1, -0.05) is 29.3 Å². The van der Waals surface area contributed by atoms with E-state index in [2.05, 4.69) is 32.9 Å². The minimum absolute atomic E-state index is 0.211. The molecule has 0 aliphatic carbocycles. The number of pyridine rings is 2. The molecule has 10 heteroatoms. The van der Waals surface area contributed by atoms with Gasteiger partial charge in [0, 0.05) is 40.7 Å². The Labute approximate surface area is 217 Å². The van der Waals surface area contributed by atoms with Crippen LogP contribution in [0.2, 0.25) is 10.0 Å². The van der Waals surface area contributed by atoms with Gasteiger partial charge >= 0.3 is 0 Å². The van der Waals surface area contributed by atoms with E-state index in [4.69, 9.17) is 33.9 Å². The number of amides is 1. The van der Waals surface area contributed by atoms with Crippen LogP contribution in [0, 0.1) is 0 Å². The van der Waals surface area contributed by atoms with Gasteiger partial charge in [-0.2, -0.15) is 5.10 Å². The number of benzene rings is 1. The number of nitrogens with two attached hydrogens (primary N) is 1. The van der Waals surface area contributed by atoms with Gasteiger partial charge in [0.05, 0.1) is 27.8 Å². The van der Waals surface area contributed by atoms with Crippen molar-refractivity contribution < 1.29 is 4.79 Å². The van der Waals surface area contributed by atoms with Crippen molar-refractivity contribution in [2.24, 2.45) is 5.73 Å². The van der Waals surface area contributed by atoms with Gasteiger partial charge in [0.2, 0.25) is 0 Å². The second-order valence-corrected chi connectivity index (χ2v) is 9.99. The minimum Gasteiger partial charge on any atom is -0.364 e. The number of hydrogen-bond donors (Lipinski definition) is 1. The molecule has 2 N–H and O–H groups in total. The highest BCUT2D eigenvalue weighted by Gasteiger charge is 2.24. The molecule has 182 valence electrons. The van der Waals surface area contributed by atoms with Crippen LogP contribution in [0.3, 0.4) is 0 Å². The lowest BCUT2D eigenvalue weighted by molar-refractivity contribution is 0.0995. The first kappa shape index (κ1) is 23.0. The van der Waals surface area contributed by atoms with E-state index in [1.165, 1.54) is 0 Å². The molecule has 8 nitrogen and oxygen atoms in total. The number of likely N-dealkylation sites (tertiary alicyclic amines) is 1. The molecule has 4 aromatic heterocycles. The quantitative estimate of drug-likeness (QED) is 0.357. The molecule has 1 aromatic carbocycles. The third-order valence-electron chi connectivity index (χ3n) is 6.88. The maximum Gasteiger partial charge on any atom is 0.268 e. The minimum atomic E-state index is -0.628. The van der Waals surface area contributed by atoms with Crippen molar-refractivity contribution in [2.75, 3.05) is 20.1 Å². The second kappa shape index (κ2) is 8.89. The summed E-state index contributed by atoms with van der Waals surface area (Å²) in [6.45, 7) is 2.13. The Morgan fingerprint density at radius 1 is 1.08 bits per heavy atom. The molecule has 0 unspecified atom stereocenters. The van der Waals surface area contributed by atoms with Crippen LogP contribution < -0.4 is 5.73 Å². The maximum absolute atomic E-state index is 12.5. The van der Waals surface area contributed by atoms with Crippen molar-refractivity contribution in [3.63, 3.8) is 0 Å². The fourth-order valence-electron chi connectivity index (χ4n) is 4.94. The van der Waals surface area contributed by atoms with Crippen molar-refractivity contribution in [1.82, 2.24) is 29.0 Å². The van der Waals surface area contributed by atoms with E-state index in [0.717, 1.165) is 48.0 Å². The lowest BCUT2D eigenvalue weighted by atomic mass is 10.1. The summed E-state index contributed by atoms with van der Waals surface area (Å²) in [5.74, 6) is -0.628. The first-order valence-corrected chi connectivity index (χ1v) is 12.4. The SMILES string of the molecule is CN1CCC(n2cc(-c3cnc4ccn5c(C(N)=O)c(-c6c(Cl)cccc6Cl)nc5c4c3)cn2)CC1. The molecule has 0 radical (unpaired) electrons. The van der Waals surface area contributed by atoms with Crippen LogP contribution in [-0.2, 0) is 0 Å². The molecule has 0 atom stereocenters. The molecule has 6 rings (SSSR count). The highest BCUT2D eigenvalue weighted by molar-refractivity contribution is 6.39. The topological polar surface area (TPSA) is 94.3 Å². The smallest absolute Gasteiger partial charge is 0.268 e. The van der Waals surface area contributed by atoms with Crippen LogP contribution in [0.1, 0.15) is 29.4 Å². The maximum atomic E-state index is 12.5. The fraction of sp³-hybridized carbons (Fsp3) is 0.231. The number of nitrogens with zero attached hydrogens (tertiary/aromatic N) is 6. The number of primary amides is 1. The van der Waals surface area contributed by atoms with E-state index >= 15 is 0 Å². The number of aromatic nitrogens is 5. The first-order valence-electron chi connectivity index (χ1n) is 11.7. The lowest BCUT2D eigenvalue weighted by Crippen LogP contribution is -2.31. The molecule has 1 aliphatic rings. The van der Waals surface area contributed by atoms with Crippen LogP contribution in [-0.4, -0.2) is 55.1 Å². The van der Waals surface area contributed by atoms with E-state index < -0.39 is 5.91 Å². The van der Waals surface area contributed by atoms with Crippen molar-refractivity contribution >= 4 is 45.7 Å². The molecule has 1 fully saturated rings. The molecule has 5 heterocycles. The van der Waals surface area contributed by atoms with Gasteiger partial charge < -0.3 is 10.6 Å². The number of fused-ring (bicyclic) bond motifs is 3. The summed E-state index contributed by atoms with van der Waals surface area (Å²) in [5.41, 5.74) is 9.99. The van der Waals surface area contributed by atoms with Gasteiger partial charge in [-0.25, -0.2) is 4.98 Å². The normalized spacial score (nSPS) is 15.2. The number of piperidine rings is 1. The number of imidazole rings is 1. The van der Waals surface area contributed by atoms with E-state index in [1.54, 1.807) is 28.8 Å². The summed E-state index contributed by atoms with van der Waals surface area (Å²) < 4.78 is 3.73. The number of halogens is 2. The number of rotatable bonds is 4. The van der Waals surface area contributed by atoms with Crippen LogP contribution in [0.25, 0.3) is 38.9 Å². The molecular formula is C26H23Cl2N7O. The Morgan fingerprint density at radius 2 is 1.83 bits per heavy atom. The molecular weight excluding hydrogens is 497 g/mol. The number of carbonyl (C=O) groups excluding carboxylic acids is 1. The van der Waals surface area contributed by atoms with E-state index in [9.17, 15) is 4.79 Å². The van der Waals surface area contributed by atoms with Crippen LogP contribution in [0.5, 0.6) is 0 Å². The predicted octanol–water partition coefficient (Wildman–Crippen LogP) is 5.09. The predicted molar refractivity (Wildman–Crippen MR) is 141 cm³/mol. The van der Waals surface area contributed by atoms with Crippen molar-refractivity contribution in [3.05, 3.63) is 70.9 Å². The summed E-state index contributed by atoms with van der Waals surface area (Å²) in [5, 5.41) is 6.19. The lowest BCUT2D eigenvalue weighted by Gasteiger charge is -2.28. The fourth-order valence-corrected chi connectivity index (χ4v) is 5.51. The third-order valence-corrected chi connectivity index (χ3v) is 7.51. The zero-order valence-corrected chi connectivity index (χ0v) is 21.0. The largest absolute Gasteiger partial charge is 0.364 e. The Hall–Kier alpha value is -3.46. The Balaban J connectivity index is 1.49. The molecule has 0 saturated carbocycles. The number of hydrogen-bond acceptors (Lipinski definition) is 5. The van der Waals surface area contributed by atoms with Crippen LogP contribution >= 0.6 is 23.2 Å². The molecule has 0 spiro atoms. The van der Waals surface area contributed by atoms with E-state index in [-0.39, 0.29) is 5.69 Å². The van der Waals surface area contributed by atoms with Gasteiger partial charge in [0.15, 0.2) is 0 Å². The van der Waals surface area contributed by atoms with E-state index in [0.29, 0.717) is 33.0 Å². The average Bonchev–Trinajstić information content (AvgIpc) is 3.50. The Kier molecular flexibility index (Phi) is 5.67. The van der Waals surface area contributed by atoms with Gasteiger partial charge in [0.1, 0.15) is 17.0 Å². The molecule has 0 bridgehead atoms. The highest BCUT2D eigenvalue weighted by atomic mass is 35.5. The van der Waals surface area contributed by atoms with Gasteiger partial charge in [0.25, 0.3) is 5.91 Å². The monoisotopic (exact) mass is 519 g/mol. The molecule has 1 amide bonds. The molecule has 1 aliphatic heterocycles. The van der Waals surface area contributed by atoms with Crippen molar-refractivity contribution in [2.45, 2.75) is 18.9 Å². The molecule has 1 saturated heterocycles. The third kappa shape index (κ3) is 3.82. The zero-order valence-electron chi connectivity index (χ0n) is 19.5. The van der Waals surface area contributed by atoms with E-state index in [1.807, 2.05) is 24.5 Å². The van der Waals surface area contributed by atoms with Crippen molar-refractivity contribution in [3.8, 4) is 22.4 Å². The standard InChI is InChI=1S/C26H23Cl2N7O/c1-33-8-5-17(6-9-33)35-14-16(13-31-35)15-11-18-21(30-12-15)7-10-34-24(25(29)36)23(32-26(18)34)22-19(27)3-2-4-20(22)28/h2-4,7,10-14,17H,5-6,8-9H2,1H3,(H2,29,36). The summed E-state index contributed by atoms with van der Waals surface area (Å²) in [4.78, 5) is 24.3. The van der Waals surface area contributed by atoms with Crippen LogP contribution in [0.4, 0.5) is 0 Å². The number of carbonyl (C=O) groups is 1. The van der Waals surface area contributed by atoms with Gasteiger partial charge in [-0.3, -0.25) is 18.9 Å². The summed E-state index contributed by atoms with van der Waals surface area (Å²) >= 11 is 12.9. The summed E-state index contributed by atoms with van der Waals surface area (Å²) in [7, 11) is 2.15. The summed E-state index contributed by atoms with van der Waals surface area (Å²) in [6.07, 6.45) is 9.67. The van der Waals surface area contributed by atoms with Gasteiger partial charge in [-0.05, 0) is 57.2 Å². The average molecular weight is 520 g/mol. The Morgan fingerprint density at radius 3 is 2.56 bits per heavy atom. The second-order valence-electron chi connectivity index (χ2n) is 9.18. The zero-order chi connectivity index (χ0) is 25.0. The summed E-state index contributed by atoms with van der Waals surface area (Å²) in [6, 6.07) is 9.40. The molecule has 36 heavy (non-hydrogen) atoms. The van der Waals surface area contributed by atoms with Crippen molar-refractivity contribution in [1.29, 1.82) is 0 Å². The van der Waals surface area contributed by atoms with Crippen LogP contribution in [0.15, 0.2) is 55.1 Å². The Bertz CT molecular complexity index is 1610.